The highest BCUT2D eigenvalue weighted by molar-refractivity contribution is 6.30. The molecule has 0 radical (unpaired) electrons. The zero-order chi connectivity index (χ0) is 14.8. The first-order chi connectivity index (χ1) is 9.41. The molecule has 0 saturated carbocycles. The van der Waals surface area contributed by atoms with Crippen molar-refractivity contribution in [3.63, 3.8) is 0 Å². The first-order valence-electron chi connectivity index (χ1n) is 6.26. The smallest absolute Gasteiger partial charge is 0.333 e. The van der Waals surface area contributed by atoms with E-state index in [1.165, 1.54) is 0 Å². The maximum atomic E-state index is 11.7. The summed E-state index contributed by atoms with van der Waals surface area (Å²) in [6.07, 6.45) is 0. The Kier molecular flexibility index (Phi) is 4.00. The second kappa shape index (κ2) is 5.55. The molecule has 2 N–H and O–H groups in total. The van der Waals surface area contributed by atoms with Gasteiger partial charge in [0.2, 0.25) is 0 Å². The molecule has 0 saturated heterocycles. The van der Waals surface area contributed by atoms with Gasteiger partial charge in [0.15, 0.2) is 5.54 Å². The van der Waals surface area contributed by atoms with Crippen LogP contribution in [0.25, 0.3) is 0 Å². The van der Waals surface area contributed by atoms with E-state index < -0.39 is 11.5 Å². The van der Waals surface area contributed by atoms with Crippen molar-refractivity contribution in [3.8, 4) is 0 Å². The maximum Gasteiger partial charge on any atom is 0.333 e. The van der Waals surface area contributed by atoms with Crippen LogP contribution in [0.5, 0.6) is 0 Å². The average molecular weight is 290 g/mol. The summed E-state index contributed by atoms with van der Waals surface area (Å²) in [5.41, 5.74) is 1.31. The third-order valence-corrected chi connectivity index (χ3v) is 3.55. The molecule has 3 nitrogen and oxygen atoms in total. The van der Waals surface area contributed by atoms with Crippen LogP contribution in [0.1, 0.15) is 18.1 Å². The monoisotopic (exact) mass is 289 g/mol. The average Bonchev–Trinajstić information content (AvgIpc) is 2.42. The van der Waals surface area contributed by atoms with Crippen molar-refractivity contribution in [2.45, 2.75) is 19.4 Å². The van der Waals surface area contributed by atoms with Gasteiger partial charge < -0.3 is 10.4 Å². The van der Waals surface area contributed by atoms with Gasteiger partial charge in [0.25, 0.3) is 0 Å². The Bertz CT molecular complexity index is 607. The molecule has 1 unspecified atom stereocenters. The number of nitrogens with one attached hydrogen (secondary N) is 1. The summed E-state index contributed by atoms with van der Waals surface area (Å²) in [6, 6.07) is 14.4. The molecule has 0 fully saturated rings. The Balaban J connectivity index is 2.37. The fraction of sp³-hybridized carbons (Fsp3) is 0.188. The van der Waals surface area contributed by atoms with Crippen LogP contribution < -0.4 is 5.32 Å². The van der Waals surface area contributed by atoms with Gasteiger partial charge in [0.05, 0.1) is 0 Å². The zero-order valence-corrected chi connectivity index (χ0v) is 12.1. The zero-order valence-electron chi connectivity index (χ0n) is 11.4. The summed E-state index contributed by atoms with van der Waals surface area (Å²) in [7, 11) is 0. The Morgan fingerprint density at radius 3 is 2.15 bits per heavy atom. The molecule has 0 heterocycles. The predicted octanol–water partition coefficient (Wildman–Crippen LogP) is 4.06. The van der Waals surface area contributed by atoms with Crippen molar-refractivity contribution < 1.29 is 9.90 Å². The van der Waals surface area contributed by atoms with Gasteiger partial charge in [-0.2, -0.15) is 0 Å². The number of hydrogen-bond acceptors (Lipinski definition) is 2. The molecule has 0 spiro atoms. The van der Waals surface area contributed by atoms with Crippen LogP contribution in [0, 0.1) is 6.92 Å². The van der Waals surface area contributed by atoms with Crippen LogP contribution >= 0.6 is 11.6 Å². The Morgan fingerprint density at radius 2 is 1.65 bits per heavy atom. The van der Waals surface area contributed by atoms with Gasteiger partial charge in [-0.25, -0.2) is 4.79 Å². The van der Waals surface area contributed by atoms with Gasteiger partial charge in [0, 0.05) is 10.7 Å². The lowest BCUT2D eigenvalue weighted by molar-refractivity contribution is -0.142. The van der Waals surface area contributed by atoms with E-state index in [0.29, 0.717) is 16.3 Å². The van der Waals surface area contributed by atoms with Crippen molar-refractivity contribution >= 4 is 23.3 Å². The fourth-order valence-corrected chi connectivity index (χ4v) is 2.08. The van der Waals surface area contributed by atoms with Gasteiger partial charge in [-0.1, -0.05) is 41.4 Å². The minimum Gasteiger partial charge on any atom is -0.479 e. The van der Waals surface area contributed by atoms with E-state index >= 15 is 0 Å². The standard InChI is InChI=1S/C16H16ClNO2/c1-11-3-5-12(6-4-11)16(2,15(19)20)18-14-9-7-13(17)8-10-14/h3-10,18H,1-2H3,(H,19,20). The Labute approximate surface area is 123 Å². The van der Waals surface area contributed by atoms with Gasteiger partial charge in [-0.3, -0.25) is 0 Å². The molecule has 0 aliphatic heterocycles. The summed E-state index contributed by atoms with van der Waals surface area (Å²) in [4.78, 5) is 11.7. The molecular weight excluding hydrogens is 274 g/mol. The van der Waals surface area contributed by atoms with Crippen LogP contribution in [-0.4, -0.2) is 11.1 Å². The van der Waals surface area contributed by atoms with Gasteiger partial charge in [-0.15, -0.1) is 0 Å². The molecule has 20 heavy (non-hydrogen) atoms. The molecule has 0 aliphatic carbocycles. The number of anilines is 1. The van der Waals surface area contributed by atoms with Gasteiger partial charge >= 0.3 is 5.97 Å². The quantitative estimate of drug-likeness (QED) is 0.892. The highest BCUT2D eigenvalue weighted by atomic mass is 35.5. The highest BCUT2D eigenvalue weighted by Crippen LogP contribution is 2.27. The van der Waals surface area contributed by atoms with Crippen LogP contribution in [0.4, 0.5) is 5.69 Å². The van der Waals surface area contributed by atoms with Gasteiger partial charge in [0.1, 0.15) is 0 Å². The Morgan fingerprint density at radius 1 is 1.10 bits per heavy atom. The molecule has 4 heteroatoms. The SMILES string of the molecule is Cc1ccc(C(C)(Nc2ccc(Cl)cc2)C(=O)O)cc1. The predicted molar refractivity (Wildman–Crippen MR) is 81.2 cm³/mol. The second-order valence-corrected chi connectivity index (χ2v) is 5.36. The van der Waals surface area contributed by atoms with Gasteiger partial charge in [-0.05, 0) is 43.7 Å². The lowest BCUT2D eigenvalue weighted by Crippen LogP contribution is -2.40. The molecule has 0 aliphatic rings. The molecule has 2 rings (SSSR count). The lowest BCUT2D eigenvalue weighted by Gasteiger charge is -2.28. The molecule has 0 bridgehead atoms. The van der Waals surface area contributed by atoms with Crippen LogP contribution in [0.2, 0.25) is 5.02 Å². The summed E-state index contributed by atoms with van der Waals surface area (Å²) >= 11 is 5.84. The summed E-state index contributed by atoms with van der Waals surface area (Å²) in [5, 5.41) is 13.3. The summed E-state index contributed by atoms with van der Waals surface area (Å²) in [5.74, 6) is -0.934. The van der Waals surface area contributed by atoms with E-state index in [2.05, 4.69) is 5.32 Å². The topological polar surface area (TPSA) is 49.3 Å². The number of carboxylic acid groups (broad SMARTS) is 1. The summed E-state index contributed by atoms with van der Waals surface area (Å²) in [6.45, 7) is 3.61. The first kappa shape index (κ1) is 14.4. The largest absolute Gasteiger partial charge is 0.479 e. The van der Waals surface area contributed by atoms with Crippen molar-refractivity contribution in [2.24, 2.45) is 0 Å². The highest BCUT2D eigenvalue weighted by Gasteiger charge is 2.35. The first-order valence-corrected chi connectivity index (χ1v) is 6.64. The van der Waals surface area contributed by atoms with Crippen LogP contribution in [-0.2, 0) is 10.3 Å². The molecule has 0 amide bonds. The van der Waals surface area contributed by atoms with Crippen LogP contribution in [0.3, 0.4) is 0 Å². The lowest BCUT2D eigenvalue weighted by atomic mass is 9.91. The van der Waals surface area contributed by atoms with Crippen molar-refractivity contribution in [1.82, 2.24) is 0 Å². The third kappa shape index (κ3) is 2.94. The fourth-order valence-electron chi connectivity index (χ4n) is 1.96. The number of hydrogen-bond donors (Lipinski definition) is 2. The molecular formula is C16H16ClNO2. The third-order valence-electron chi connectivity index (χ3n) is 3.30. The number of aryl methyl sites for hydroxylation is 1. The minimum atomic E-state index is -1.19. The van der Waals surface area contributed by atoms with E-state index in [9.17, 15) is 9.90 Å². The van der Waals surface area contributed by atoms with Crippen molar-refractivity contribution in [3.05, 3.63) is 64.7 Å². The summed E-state index contributed by atoms with van der Waals surface area (Å²) < 4.78 is 0. The Hall–Kier alpha value is -2.00. The van der Waals surface area contributed by atoms with E-state index in [-0.39, 0.29) is 0 Å². The molecule has 1 atom stereocenters. The van der Waals surface area contributed by atoms with E-state index in [1.807, 2.05) is 31.2 Å². The van der Waals surface area contributed by atoms with E-state index in [4.69, 9.17) is 11.6 Å². The molecule has 0 aromatic heterocycles. The number of aliphatic carboxylic acids is 1. The van der Waals surface area contributed by atoms with Crippen molar-refractivity contribution in [2.75, 3.05) is 5.32 Å². The number of carboxylic acids is 1. The molecule has 2 aromatic carbocycles. The second-order valence-electron chi connectivity index (χ2n) is 4.93. The number of rotatable bonds is 4. The van der Waals surface area contributed by atoms with E-state index in [0.717, 1.165) is 5.56 Å². The van der Waals surface area contributed by atoms with E-state index in [1.54, 1.807) is 31.2 Å². The molecule has 104 valence electrons. The van der Waals surface area contributed by atoms with Crippen molar-refractivity contribution in [1.29, 1.82) is 0 Å². The number of carbonyl (C=O) groups is 1. The molecule has 2 aromatic rings. The van der Waals surface area contributed by atoms with Crippen LogP contribution in [0.15, 0.2) is 48.5 Å². The number of halogens is 1. The normalized spacial score (nSPS) is 13.6. The number of benzene rings is 2. The minimum absolute atomic E-state index is 0.614. The maximum absolute atomic E-state index is 11.7.